The summed E-state index contributed by atoms with van der Waals surface area (Å²) >= 11 is 0. The molecule has 2 aliphatic heterocycles. The second-order valence-electron chi connectivity index (χ2n) is 7.11. The Morgan fingerprint density at radius 2 is 1.44 bits per heavy atom. The molecule has 0 aliphatic carbocycles. The third kappa shape index (κ3) is 2.18. The van der Waals surface area contributed by atoms with Crippen LogP contribution in [-0.4, -0.2) is 5.97 Å². The maximum absolute atomic E-state index is 13.1. The first-order chi connectivity index (χ1) is 13.3. The van der Waals surface area contributed by atoms with E-state index in [4.69, 9.17) is 9.47 Å². The molecule has 0 unspecified atom stereocenters. The predicted octanol–water partition coefficient (Wildman–Crippen LogP) is 5.60. The number of aryl methyl sites for hydroxylation is 1. The quantitative estimate of drug-likeness (QED) is 0.573. The number of esters is 1. The van der Waals surface area contributed by atoms with Gasteiger partial charge >= 0.3 is 5.97 Å². The lowest BCUT2D eigenvalue weighted by atomic mass is 9.77. The van der Waals surface area contributed by atoms with E-state index in [1.54, 1.807) is 0 Å². The van der Waals surface area contributed by atoms with Gasteiger partial charge in [-0.1, -0.05) is 67.9 Å². The molecule has 0 fully saturated rings. The Morgan fingerprint density at radius 1 is 0.815 bits per heavy atom. The summed E-state index contributed by atoms with van der Waals surface area (Å²) in [6.45, 7) is 2.16. The number of carbonyl (C=O) groups excluding carboxylic acids is 1. The summed E-state index contributed by atoms with van der Waals surface area (Å²) in [5, 5.41) is 0. The summed E-state index contributed by atoms with van der Waals surface area (Å²) in [4.78, 5) is 13.1. The average Bonchev–Trinajstić information content (AvgIpc) is 3.01. The van der Waals surface area contributed by atoms with E-state index in [-0.39, 0.29) is 5.97 Å². The fourth-order valence-corrected chi connectivity index (χ4v) is 4.31. The van der Waals surface area contributed by atoms with Gasteiger partial charge in [-0.05, 0) is 30.5 Å². The molecular weight excluding hydrogens is 336 g/mol. The van der Waals surface area contributed by atoms with Gasteiger partial charge in [0.05, 0.1) is 5.56 Å². The van der Waals surface area contributed by atoms with Crippen molar-refractivity contribution in [3.8, 4) is 11.5 Å². The van der Waals surface area contributed by atoms with Crippen molar-refractivity contribution in [3.05, 3.63) is 94.5 Å². The molecule has 3 nitrogen and oxygen atoms in total. The van der Waals surface area contributed by atoms with Gasteiger partial charge in [0.25, 0.3) is 0 Å². The highest BCUT2D eigenvalue weighted by atomic mass is 16.6. The van der Waals surface area contributed by atoms with Crippen LogP contribution in [0.2, 0.25) is 0 Å². The Balaban J connectivity index is 1.82. The van der Waals surface area contributed by atoms with E-state index < -0.39 is 5.60 Å². The molecule has 5 rings (SSSR count). The number of benzene rings is 3. The molecule has 0 amide bonds. The molecule has 2 heterocycles. The second kappa shape index (κ2) is 5.98. The Labute approximate surface area is 158 Å². The highest BCUT2D eigenvalue weighted by molar-refractivity contribution is 5.98. The van der Waals surface area contributed by atoms with Gasteiger partial charge in [-0.3, -0.25) is 0 Å². The SMILES string of the molecule is CCCCc1cccc2c1C(=O)OC21c2ccccc2Oc2ccccc21. The summed E-state index contributed by atoms with van der Waals surface area (Å²) in [5.74, 6) is 1.22. The van der Waals surface area contributed by atoms with Crippen LogP contribution < -0.4 is 4.74 Å². The molecule has 0 saturated carbocycles. The minimum Gasteiger partial charge on any atom is -0.456 e. The first-order valence-electron chi connectivity index (χ1n) is 9.48. The van der Waals surface area contributed by atoms with E-state index in [9.17, 15) is 4.79 Å². The number of unbranched alkanes of at least 4 members (excludes halogenated alkanes) is 1. The van der Waals surface area contributed by atoms with Crippen LogP contribution in [0.3, 0.4) is 0 Å². The lowest BCUT2D eigenvalue weighted by Crippen LogP contribution is -2.32. The number of fused-ring (bicyclic) bond motifs is 6. The fraction of sp³-hybridized carbons (Fsp3) is 0.208. The van der Waals surface area contributed by atoms with Crippen LogP contribution in [0.4, 0.5) is 0 Å². The van der Waals surface area contributed by atoms with Crippen molar-refractivity contribution in [2.24, 2.45) is 0 Å². The number of carbonyl (C=O) groups is 1. The highest BCUT2D eigenvalue weighted by Gasteiger charge is 2.53. The molecule has 2 aliphatic rings. The minimum absolute atomic E-state index is 0.247. The Kier molecular flexibility index (Phi) is 3.57. The van der Waals surface area contributed by atoms with E-state index in [2.05, 4.69) is 6.92 Å². The number of hydrogen-bond donors (Lipinski definition) is 0. The van der Waals surface area contributed by atoms with Crippen LogP contribution in [0.15, 0.2) is 66.7 Å². The average molecular weight is 356 g/mol. The van der Waals surface area contributed by atoms with E-state index in [0.29, 0.717) is 0 Å². The largest absolute Gasteiger partial charge is 0.456 e. The zero-order valence-electron chi connectivity index (χ0n) is 15.2. The maximum atomic E-state index is 13.1. The molecule has 0 aromatic heterocycles. The topological polar surface area (TPSA) is 35.5 Å². The molecule has 27 heavy (non-hydrogen) atoms. The number of ether oxygens (including phenoxy) is 2. The summed E-state index contributed by atoms with van der Waals surface area (Å²) in [7, 11) is 0. The molecule has 0 N–H and O–H groups in total. The van der Waals surface area contributed by atoms with Gasteiger partial charge in [0.15, 0.2) is 5.60 Å². The Hall–Kier alpha value is -3.07. The van der Waals surface area contributed by atoms with Crippen LogP contribution in [0.25, 0.3) is 0 Å². The normalized spacial score (nSPS) is 15.5. The van der Waals surface area contributed by atoms with E-state index >= 15 is 0 Å². The summed E-state index contributed by atoms with van der Waals surface area (Å²) < 4.78 is 12.3. The van der Waals surface area contributed by atoms with Crippen LogP contribution >= 0.6 is 0 Å². The van der Waals surface area contributed by atoms with Crippen molar-refractivity contribution in [3.63, 3.8) is 0 Å². The van der Waals surface area contributed by atoms with Gasteiger partial charge in [-0.25, -0.2) is 4.79 Å². The minimum atomic E-state index is -0.944. The summed E-state index contributed by atoms with van der Waals surface area (Å²) in [6.07, 6.45) is 3.01. The lowest BCUT2D eigenvalue weighted by Gasteiger charge is -2.36. The van der Waals surface area contributed by atoms with Crippen molar-refractivity contribution in [2.45, 2.75) is 31.8 Å². The third-order valence-corrected chi connectivity index (χ3v) is 5.53. The zero-order valence-corrected chi connectivity index (χ0v) is 15.2. The van der Waals surface area contributed by atoms with E-state index in [1.165, 1.54) is 0 Å². The van der Waals surface area contributed by atoms with E-state index in [0.717, 1.165) is 58.6 Å². The predicted molar refractivity (Wildman–Crippen MR) is 103 cm³/mol. The van der Waals surface area contributed by atoms with Crippen LogP contribution in [0.1, 0.15) is 52.4 Å². The van der Waals surface area contributed by atoms with Crippen molar-refractivity contribution < 1.29 is 14.3 Å². The first kappa shape index (κ1) is 16.1. The molecule has 1 spiro atoms. The molecule has 0 bridgehead atoms. The number of rotatable bonds is 3. The van der Waals surface area contributed by atoms with Crippen LogP contribution in [0, 0.1) is 0 Å². The monoisotopic (exact) mass is 356 g/mol. The summed E-state index contributed by atoms with van der Waals surface area (Å²) in [6, 6.07) is 21.8. The van der Waals surface area contributed by atoms with Gasteiger partial charge in [-0.2, -0.15) is 0 Å². The Morgan fingerprint density at radius 3 is 2.11 bits per heavy atom. The highest BCUT2D eigenvalue weighted by Crippen LogP contribution is 2.56. The van der Waals surface area contributed by atoms with Crippen molar-refractivity contribution in [2.75, 3.05) is 0 Å². The molecular formula is C24H20O3. The van der Waals surface area contributed by atoms with Crippen LogP contribution in [0.5, 0.6) is 11.5 Å². The molecule has 0 atom stereocenters. The summed E-state index contributed by atoms with van der Waals surface area (Å²) in [5.41, 5.74) is 3.52. The molecule has 3 aromatic rings. The zero-order chi connectivity index (χ0) is 18.4. The van der Waals surface area contributed by atoms with Gasteiger partial charge in [0, 0.05) is 16.7 Å². The van der Waals surface area contributed by atoms with Crippen molar-refractivity contribution in [1.82, 2.24) is 0 Å². The standard InChI is InChI=1S/C24H20O3/c1-2-3-9-16-10-8-13-19-22(16)23(25)27-24(19)17-11-4-6-14-20(17)26-21-15-7-5-12-18(21)24/h4-8,10-15H,2-3,9H2,1H3. The fourth-order valence-electron chi connectivity index (χ4n) is 4.31. The maximum Gasteiger partial charge on any atom is 0.340 e. The number of para-hydroxylation sites is 2. The molecule has 3 aromatic carbocycles. The van der Waals surface area contributed by atoms with Gasteiger partial charge in [0.2, 0.25) is 0 Å². The molecule has 0 radical (unpaired) electrons. The molecule has 134 valence electrons. The second-order valence-corrected chi connectivity index (χ2v) is 7.11. The molecule has 3 heteroatoms. The lowest BCUT2D eigenvalue weighted by molar-refractivity contribution is 0.0224. The van der Waals surface area contributed by atoms with E-state index in [1.807, 2.05) is 66.7 Å². The van der Waals surface area contributed by atoms with Crippen LogP contribution in [-0.2, 0) is 16.8 Å². The van der Waals surface area contributed by atoms with Gasteiger partial charge in [-0.15, -0.1) is 0 Å². The van der Waals surface area contributed by atoms with Gasteiger partial charge < -0.3 is 9.47 Å². The third-order valence-electron chi connectivity index (χ3n) is 5.53. The van der Waals surface area contributed by atoms with Crippen molar-refractivity contribution in [1.29, 1.82) is 0 Å². The van der Waals surface area contributed by atoms with Gasteiger partial charge in [0.1, 0.15) is 11.5 Å². The number of hydrogen-bond acceptors (Lipinski definition) is 3. The first-order valence-corrected chi connectivity index (χ1v) is 9.48. The Bertz CT molecular complexity index is 1010. The molecule has 0 saturated heterocycles. The smallest absolute Gasteiger partial charge is 0.340 e. The van der Waals surface area contributed by atoms with Crippen molar-refractivity contribution >= 4 is 5.97 Å².